The van der Waals surface area contributed by atoms with E-state index < -0.39 is 12.4 Å². The van der Waals surface area contributed by atoms with Crippen LogP contribution < -0.4 is 5.73 Å². The van der Waals surface area contributed by atoms with Gasteiger partial charge in [-0.05, 0) is 0 Å². The molecule has 5 N–H and O–H groups in total. The van der Waals surface area contributed by atoms with Gasteiger partial charge < -0.3 is 10.8 Å². The van der Waals surface area contributed by atoms with Crippen molar-refractivity contribution in [1.29, 1.82) is 0 Å². The van der Waals surface area contributed by atoms with Crippen LogP contribution in [0, 0.1) is 0 Å². The van der Waals surface area contributed by atoms with Gasteiger partial charge in [0, 0.05) is 0 Å². The number of primary amides is 1. The van der Waals surface area contributed by atoms with Gasteiger partial charge in [0.15, 0.2) is 0 Å². The van der Waals surface area contributed by atoms with Crippen LogP contribution in [0.3, 0.4) is 0 Å². The van der Waals surface area contributed by atoms with Gasteiger partial charge in [0.2, 0.25) is 0 Å². The van der Waals surface area contributed by atoms with Gasteiger partial charge in [-0.1, -0.05) is 0 Å². The summed E-state index contributed by atoms with van der Waals surface area (Å²) < 4.78 is 0.604. The van der Waals surface area contributed by atoms with Crippen molar-refractivity contribution in [3.8, 4) is 0 Å². The van der Waals surface area contributed by atoms with Crippen molar-refractivity contribution in [3.63, 3.8) is 0 Å². The molecule has 0 aromatic heterocycles. The molecule has 0 saturated heterocycles. The Bertz CT molecular complexity index is 72.2. The van der Waals surface area contributed by atoms with Crippen molar-refractivity contribution in [3.05, 3.63) is 0 Å². The fourth-order valence-corrected chi connectivity index (χ4v) is 0. The minimum absolute atomic E-state index is 0.584. The van der Waals surface area contributed by atoms with Crippen molar-refractivity contribution >= 4 is 55.0 Å². The molecule has 1 amide bonds. The third kappa shape index (κ3) is 51.5. The van der Waals surface area contributed by atoms with Crippen molar-refractivity contribution in [2.24, 2.45) is 5.73 Å². The quantitative estimate of drug-likeness (QED) is 0.278. The van der Waals surface area contributed by atoms with Gasteiger partial charge in [-0.25, -0.2) is 4.79 Å². The van der Waals surface area contributed by atoms with Crippen LogP contribution in [0.1, 0.15) is 0 Å². The predicted octanol–water partition coefficient (Wildman–Crippen LogP) is -1.49. The van der Waals surface area contributed by atoms with E-state index in [0.717, 1.165) is 0 Å². The molecule has 0 bridgehead atoms. The van der Waals surface area contributed by atoms with Gasteiger partial charge >= 0.3 is 72.1 Å². The SMILES string of the molecule is NC(=O)O.OC(O)[CH2][K]. The topological polar surface area (TPSA) is 104 Å². The summed E-state index contributed by atoms with van der Waals surface area (Å²) in [6.45, 7) is 0. The van der Waals surface area contributed by atoms with Gasteiger partial charge in [0.05, 0.1) is 0 Å². The zero-order valence-electron chi connectivity index (χ0n) is 5.11. The van der Waals surface area contributed by atoms with Crippen molar-refractivity contribution in [2.75, 3.05) is 0 Å². The summed E-state index contributed by atoms with van der Waals surface area (Å²) in [5.41, 5.74) is 4.03. The maximum absolute atomic E-state index is 8.78. The van der Waals surface area contributed by atoms with Crippen LogP contribution in [-0.4, -0.2) is 76.7 Å². The number of nitrogens with two attached hydrogens (primary N) is 1. The molecule has 5 nitrogen and oxygen atoms in total. The standard InChI is InChI=1S/C2H5O2.CH3NO2.K/c1-2(3)4;2-1(3)4;/h2-4H,1H2;2H2,(H,3,4);. The van der Waals surface area contributed by atoms with E-state index in [0.29, 0.717) is 49.5 Å². The second kappa shape index (κ2) is 8.83. The number of hydrogen-bond acceptors (Lipinski definition) is 3. The van der Waals surface area contributed by atoms with E-state index >= 15 is 0 Å². The first-order valence-electron chi connectivity index (χ1n) is 2.35. The Balaban J connectivity index is 0. The van der Waals surface area contributed by atoms with E-state index in [-0.39, 0.29) is 0 Å². The molecule has 0 aliphatic carbocycles. The third-order valence-corrected chi connectivity index (χ3v) is 1.51. The summed E-state index contributed by atoms with van der Waals surface area (Å²) in [5, 5.41) is 23.1. The Labute approximate surface area is 86.4 Å². The fraction of sp³-hybridized carbons (Fsp3) is 0.667. The van der Waals surface area contributed by atoms with Crippen LogP contribution in [0.5, 0.6) is 0 Å². The molecule has 0 rings (SSSR count). The average Bonchev–Trinajstić information content (AvgIpc) is 1.65. The molecule has 0 atom stereocenters. The molecule has 0 aliphatic heterocycles. The summed E-state index contributed by atoms with van der Waals surface area (Å²) in [5.74, 6) is 0. The van der Waals surface area contributed by atoms with Crippen LogP contribution in [0.2, 0.25) is 0.515 Å². The van der Waals surface area contributed by atoms with E-state index in [1.54, 1.807) is 0 Å². The summed E-state index contributed by atoms with van der Waals surface area (Å²) >= 11 is 0.584. The number of aliphatic hydroxyl groups is 2. The molecular weight excluding hydrogens is 153 g/mol. The number of amides is 1. The van der Waals surface area contributed by atoms with Crippen LogP contribution >= 0.6 is 0 Å². The van der Waals surface area contributed by atoms with E-state index in [1.807, 2.05) is 0 Å². The number of hydrogen-bond donors (Lipinski definition) is 4. The normalized spacial score (nSPS) is 8.11. The van der Waals surface area contributed by atoms with Gasteiger partial charge in [-0.2, -0.15) is 0 Å². The fourth-order valence-electron chi connectivity index (χ4n) is 0. The molecule has 50 valence electrons. The summed E-state index contributed by atoms with van der Waals surface area (Å²) in [6, 6.07) is 0. The summed E-state index contributed by atoms with van der Waals surface area (Å²) in [6.07, 6.45) is -2.37. The Kier molecular flexibility index (Phi) is 12.3. The van der Waals surface area contributed by atoms with Gasteiger partial charge in [0.1, 0.15) is 0 Å². The summed E-state index contributed by atoms with van der Waals surface area (Å²) in [4.78, 5) is 8.78. The number of carbonyl (C=O) groups is 1. The number of carboxylic acid groups (broad SMARTS) is 1. The second-order valence-electron chi connectivity index (χ2n) is 1.23. The molecule has 0 aliphatic rings. The Hall–Kier alpha value is 0.826. The van der Waals surface area contributed by atoms with Crippen LogP contribution in [-0.2, 0) is 0 Å². The average molecular weight is 161 g/mol. The number of rotatable bonds is 1. The molecule has 0 saturated carbocycles. The maximum atomic E-state index is 8.78. The zero-order chi connectivity index (χ0) is 7.86. The molecule has 0 aromatic carbocycles. The first kappa shape index (κ1) is 12.5. The zero-order valence-corrected chi connectivity index (χ0v) is 8.23. The van der Waals surface area contributed by atoms with Crippen LogP contribution in [0.15, 0.2) is 0 Å². The van der Waals surface area contributed by atoms with Crippen LogP contribution in [0.25, 0.3) is 0 Å². The molecule has 0 aromatic rings. The van der Waals surface area contributed by atoms with Crippen molar-refractivity contribution in [1.82, 2.24) is 0 Å². The molecule has 0 heterocycles. The third-order valence-electron chi connectivity index (χ3n) is 0.365. The van der Waals surface area contributed by atoms with Gasteiger partial charge in [0.25, 0.3) is 0 Å². The van der Waals surface area contributed by atoms with Gasteiger partial charge in [-0.3, -0.25) is 0 Å². The van der Waals surface area contributed by atoms with Gasteiger partial charge in [-0.15, -0.1) is 0 Å². The molecule has 0 unspecified atom stereocenters. The minimum atomic E-state index is -1.33. The molecule has 0 spiro atoms. The second-order valence-corrected chi connectivity index (χ2v) is 2.50. The molecule has 0 radical (unpaired) electrons. The predicted molar refractivity (Wildman–Crippen MR) is 31.0 cm³/mol. The first-order chi connectivity index (χ1) is 4.00. The van der Waals surface area contributed by atoms with E-state index in [2.05, 4.69) is 5.73 Å². The van der Waals surface area contributed by atoms with E-state index in [1.165, 1.54) is 0 Å². The van der Waals surface area contributed by atoms with Crippen LogP contribution in [0.4, 0.5) is 4.79 Å². The Morgan fingerprint density at radius 2 is 1.78 bits per heavy atom. The molecule has 6 heteroatoms. The Morgan fingerprint density at radius 1 is 1.67 bits per heavy atom. The number of aliphatic hydroxyl groups excluding tert-OH is 1. The monoisotopic (exact) mass is 161 g/mol. The molecule has 9 heavy (non-hydrogen) atoms. The van der Waals surface area contributed by atoms with Crippen molar-refractivity contribution < 1.29 is 20.1 Å². The molecular formula is C3H8KNO4. The van der Waals surface area contributed by atoms with E-state index in [4.69, 9.17) is 20.1 Å². The summed E-state index contributed by atoms with van der Waals surface area (Å²) in [7, 11) is 0. The van der Waals surface area contributed by atoms with E-state index in [9.17, 15) is 0 Å². The first-order valence-corrected chi connectivity index (χ1v) is 4.56. The van der Waals surface area contributed by atoms with Crippen molar-refractivity contribution in [2.45, 2.75) is 6.81 Å². The Morgan fingerprint density at radius 3 is 1.78 bits per heavy atom. The molecule has 0 fully saturated rings.